The predicted molar refractivity (Wildman–Crippen MR) is 110 cm³/mol. The Morgan fingerprint density at radius 1 is 1.31 bits per heavy atom. The van der Waals surface area contributed by atoms with Gasteiger partial charge in [0.15, 0.2) is 0 Å². The largest absolute Gasteiger partial charge is 0.376 e. The maximum Gasteiger partial charge on any atom is 0.331 e. The van der Waals surface area contributed by atoms with Crippen LogP contribution in [0.3, 0.4) is 0 Å². The van der Waals surface area contributed by atoms with Gasteiger partial charge in [0, 0.05) is 25.9 Å². The number of urea groups is 1. The molecule has 29 heavy (non-hydrogen) atoms. The average molecular weight is 416 g/mol. The summed E-state index contributed by atoms with van der Waals surface area (Å²) in [5, 5.41) is 3.68. The Morgan fingerprint density at radius 2 is 2.14 bits per heavy atom. The molecule has 7 nitrogen and oxygen atoms in total. The molecule has 4 rings (SSSR count). The molecule has 1 atom stereocenters. The van der Waals surface area contributed by atoms with E-state index in [2.05, 4.69) is 5.32 Å². The summed E-state index contributed by atoms with van der Waals surface area (Å²) in [6.45, 7) is 4.23. The highest BCUT2D eigenvalue weighted by Crippen LogP contribution is 2.39. The summed E-state index contributed by atoms with van der Waals surface area (Å²) in [6.07, 6.45) is 3.72. The molecule has 0 saturated carbocycles. The Balaban J connectivity index is 1.48. The molecular weight excluding hydrogens is 390 g/mol. The second-order valence-corrected chi connectivity index (χ2v) is 8.37. The van der Waals surface area contributed by atoms with Crippen molar-refractivity contribution < 1.29 is 19.1 Å². The van der Waals surface area contributed by atoms with E-state index in [-0.39, 0.29) is 24.8 Å². The maximum atomic E-state index is 13.2. The molecule has 0 aromatic heterocycles. The fourth-order valence-corrected chi connectivity index (χ4v) is 4.48. The molecule has 0 spiro atoms. The van der Waals surface area contributed by atoms with Crippen molar-refractivity contribution in [2.45, 2.75) is 32.4 Å². The van der Waals surface area contributed by atoms with E-state index >= 15 is 0 Å². The van der Waals surface area contributed by atoms with Crippen molar-refractivity contribution >= 4 is 23.7 Å². The minimum Gasteiger partial charge on any atom is -0.376 e. The number of fused-ring (bicyclic) bond motifs is 1. The molecule has 3 aliphatic rings. The molecule has 3 heterocycles. The first-order valence-electron chi connectivity index (χ1n) is 9.81. The maximum absolute atomic E-state index is 13.2. The van der Waals surface area contributed by atoms with Gasteiger partial charge in [0.05, 0.1) is 22.6 Å². The molecule has 154 valence electrons. The van der Waals surface area contributed by atoms with Crippen LogP contribution in [0, 0.1) is 0 Å². The number of carbonyl (C=O) groups is 2. The number of benzene rings is 1. The van der Waals surface area contributed by atoms with Gasteiger partial charge in [-0.25, -0.2) is 4.79 Å². The standard InChI is InChI=1S/C21H25N3O4S/c1-15-13-27-14-23(11-16-6-3-2-4-7-16)21(26)24-12-18(29-20(15)24)19(25)22-10-17-8-5-9-28-17/h2-4,6-7,12,17H,5,8-11,13-14H2,1H3,(H,22,25)/b20-15+. The molecule has 1 aromatic carbocycles. The van der Waals surface area contributed by atoms with Gasteiger partial charge in [-0.1, -0.05) is 42.1 Å². The van der Waals surface area contributed by atoms with Gasteiger partial charge >= 0.3 is 6.03 Å². The average Bonchev–Trinajstić information content (AvgIpc) is 3.41. The number of hydrogen-bond acceptors (Lipinski definition) is 5. The van der Waals surface area contributed by atoms with Crippen molar-refractivity contribution in [1.82, 2.24) is 15.1 Å². The van der Waals surface area contributed by atoms with Crippen LogP contribution in [0.2, 0.25) is 0 Å². The third kappa shape index (κ3) is 4.66. The first-order valence-corrected chi connectivity index (χ1v) is 10.6. The number of nitrogens with one attached hydrogen (secondary N) is 1. The van der Waals surface area contributed by atoms with Gasteiger partial charge in [-0.05, 0) is 30.9 Å². The molecule has 1 saturated heterocycles. The van der Waals surface area contributed by atoms with Crippen LogP contribution in [0.4, 0.5) is 4.79 Å². The zero-order valence-electron chi connectivity index (χ0n) is 16.4. The smallest absolute Gasteiger partial charge is 0.331 e. The van der Waals surface area contributed by atoms with E-state index in [0.29, 0.717) is 24.6 Å². The second-order valence-electron chi connectivity index (χ2n) is 7.34. The fourth-order valence-electron chi connectivity index (χ4n) is 3.49. The Labute approximate surface area is 174 Å². The van der Waals surface area contributed by atoms with Gasteiger partial charge in [-0.15, -0.1) is 0 Å². The highest BCUT2D eigenvalue weighted by atomic mass is 32.2. The van der Waals surface area contributed by atoms with Crippen LogP contribution in [0.15, 0.2) is 52.0 Å². The van der Waals surface area contributed by atoms with Crippen molar-refractivity contribution in [3.8, 4) is 0 Å². The molecule has 0 aliphatic carbocycles. The fraction of sp³-hybridized carbons (Fsp3) is 0.429. The summed E-state index contributed by atoms with van der Waals surface area (Å²) in [5.41, 5.74) is 1.96. The zero-order valence-corrected chi connectivity index (χ0v) is 17.2. The van der Waals surface area contributed by atoms with Gasteiger partial charge in [0.25, 0.3) is 5.91 Å². The zero-order chi connectivity index (χ0) is 20.2. The lowest BCUT2D eigenvalue weighted by molar-refractivity contribution is -0.117. The normalized spacial score (nSPS) is 24.8. The molecule has 3 amide bonds. The lowest BCUT2D eigenvalue weighted by Gasteiger charge is -2.30. The molecule has 1 unspecified atom stereocenters. The molecule has 0 radical (unpaired) electrons. The van der Waals surface area contributed by atoms with Crippen molar-refractivity contribution in [2.75, 3.05) is 26.5 Å². The quantitative estimate of drug-likeness (QED) is 0.801. The van der Waals surface area contributed by atoms with Gasteiger partial charge in [0.2, 0.25) is 0 Å². The summed E-state index contributed by atoms with van der Waals surface area (Å²) in [6, 6.07) is 9.60. The lowest BCUT2D eigenvalue weighted by atomic mass is 10.2. The van der Waals surface area contributed by atoms with Crippen molar-refractivity contribution in [3.05, 3.63) is 57.6 Å². The van der Waals surface area contributed by atoms with E-state index < -0.39 is 0 Å². The summed E-state index contributed by atoms with van der Waals surface area (Å²) in [4.78, 5) is 29.6. The predicted octanol–water partition coefficient (Wildman–Crippen LogP) is 3.01. The van der Waals surface area contributed by atoms with Crippen molar-refractivity contribution in [2.24, 2.45) is 0 Å². The third-order valence-corrected chi connectivity index (χ3v) is 6.28. The van der Waals surface area contributed by atoms with Crippen LogP contribution >= 0.6 is 11.8 Å². The van der Waals surface area contributed by atoms with E-state index in [9.17, 15) is 9.59 Å². The molecule has 8 heteroatoms. The highest BCUT2D eigenvalue weighted by molar-refractivity contribution is 8.07. The minimum atomic E-state index is -0.197. The number of hydrogen-bond donors (Lipinski definition) is 1. The van der Waals surface area contributed by atoms with Crippen molar-refractivity contribution in [1.29, 1.82) is 0 Å². The summed E-state index contributed by atoms with van der Waals surface area (Å²) in [5.74, 6) is -0.180. The number of rotatable bonds is 5. The van der Waals surface area contributed by atoms with E-state index in [1.54, 1.807) is 16.0 Å². The van der Waals surface area contributed by atoms with Gasteiger partial charge in [0.1, 0.15) is 6.73 Å². The van der Waals surface area contributed by atoms with E-state index in [1.807, 2.05) is 37.3 Å². The Hall–Kier alpha value is -2.29. The Bertz CT molecular complexity index is 834. The summed E-state index contributed by atoms with van der Waals surface area (Å²) >= 11 is 1.31. The molecule has 1 N–H and O–H groups in total. The van der Waals surface area contributed by atoms with Gasteiger partial charge in [-0.2, -0.15) is 0 Å². The molecule has 0 bridgehead atoms. The number of thioether (sulfide) groups is 1. The first kappa shape index (κ1) is 20.0. The Morgan fingerprint density at radius 3 is 2.90 bits per heavy atom. The van der Waals surface area contributed by atoms with Crippen molar-refractivity contribution in [3.63, 3.8) is 0 Å². The molecule has 1 fully saturated rings. The van der Waals surface area contributed by atoms with E-state index in [0.717, 1.165) is 35.6 Å². The highest BCUT2D eigenvalue weighted by Gasteiger charge is 2.34. The molecular formula is C21H25N3O4S. The van der Waals surface area contributed by atoms with Crippen LogP contribution in [-0.4, -0.2) is 54.3 Å². The van der Waals surface area contributed by atoms with Crippen LogP contribution < -0.4 is 5.32 Å². The third-order valence-electron chi connectivity index (χ3n) is 5.03. The van der Waals surface area contributed by atoms with Gasteiger partial charge < -0.3 is 14.8 Å². The first-order chi connectivity index (χ1) is 14.1. The van der Waals surface area contributed by atoms with E-state index in [1.165, 1.54) is 11.8 Å². The summed E-state index contributed by atoms with van der Waals surface area (Å²) in [7, 11) is 0. The number of amides is 3. The Kier molecular flexibility index (Phi) is 6.22. The monoisotopic (exact) mass is 415 g/mol. The summed E-state index contributed by atoms with van der Waals surface area (Å²) < 4.78 is 11.3. The van der Waals surface area contributed by atoms with Gasteiger partial charge in [-0.3, -0.25) is 14.6 Å². The number of ether oxygens (including phenoxy) is 2. The van der Waals surface area contributed by atoms with E-state index in [4.69, 9.17) is 9.47 Å². The minimum absolute atomic E-state index is 0.0808. The SMILES string of the molecule is C/C1=C2\SC(C(=O)NCC3CCCO3)=CN2C(=O)N(Cc2ccccc2)COC1. The lowest BCUT2D eigenvalue weighted by Crippen LogP contribution is -2.41. The number of carbonyl (C=O) groups excluding carboxylic acids is 2. The molecule has 1 aromatic rings. The van der Waals surface area contributed by atoms with Crippen LogP contribution in [0.5, 0.6) is 0 Å². The van der Waals surface area contributed by atoms with Crippen LogP contribution in [0.1, 0.15) is 25.3 Å². The van der Waals surface area contributed by atoms with Crippen LogP contribution in [0.25, 0.3) is 0 Å². The second kappa shape index (κ2) is 9.02. The molecule has 3 aliphatic heterocycles. The topological polar surface area (TPSA) is 71.1 Å². The van der Waals surface area contributed by atoms with Crippen LogP contribution in [-0.2, 0) is 20.8 Å². The number of nitrogens with zero attached hydrogens (tertiary/aromatic N) is 2.